The molecule has 3 N–H and O–H groups in total. The number of carboxylic acids is 1. The molecule has 2 unspecified atom stereocenters. The van der Waals surface area contributed by atoms with Crippen molar-refractivity contribution in [1.29, 1.82) is 0 Å². The summed E-state index contributed by atoms with van der Waals surface area (Å²) in [7, 11) is 0. The first kappa shape index (κ1) is 15.8. The highest BCUT2D eigenvalue weighted by atomic mass is 16.4. The molecule has 2 fully saturated rings. The zero-order valence-corrected chi connectivity index (χ0v) is 13.2. The maximum Gasteiger partial charge on any atom is 0.325 e. The summed E-state index contributed by atoms with van der Waals surface area (Å²) < 4.78 is 0. The average molecular weight is 282 g/mol. The highest BCUT2D eigenvalue weighted by Gasteiger charge is 2.49. The summed E-state index contributed by atoms with van der Waals surface area (Å²) in [6.45, 7) is 9.42. The van der Waals surface area contributed by atoms with Gasteiger partial charge in [-0.05, 0) is 62.4 Å². The fraction of sp³-hybridized carbons (Fsp3) is 0.938. The van der Waals surface area contributed by atoms with Gasteiger partial charge in [-0.1, -0.05) is 20.8 Å². The molecule has 0 amide bonds. The second-order valence-corrected chi connectivity index (χ2v) is 7.89. The summed E-state index contributed by atoms with van der Waals surface area (Å²) in [6, 6.07) is 0. The Morgan fingerprint density at radius 1 is 1.15 bits per heavy atom. The van der Waals surface area contributed by atoms with Crippen LogP contribution in [-0.2, 0) is 4.79 Å². The first-order chi connectivity index (χ1) is 9.23. The van der Waals surface area contributed by atoms with Gasteiger partial charge in [0.25, 0.3) is 0 Å². The second-order valence-electron chi connectivity index (χ2n) is 7.89. The molecule has 2 rings (SSSR count). The minimum Gasteiger partial charge on any atom is -0.480 e. The van der Waals surface area contributed by atoms with Crippen LogP contribution in [0.3, 0.4) is 0 Å². The van der Waals surface area contributed by atoms with E-state index in [9.17, 15) is 9.90 Å². The van der Waals surface area contributed by atoms with E-state index in [0.29, 0.717) is 12.0 Å². The minimum absolute atomic E-state index is 0.182. The molecule has 20 heavy (non-hydrogen) atoms. The summed E-state index contributed by atoms with van der Waals surface area (Å²) in [5.74, 6) is 0.0868. The number of carboxylic acid groups (broad SMARTS) is 1. The number of likely N-dealkylation sites (tertiary alicyclic amines) is 1. The highest BCUT2D eigenvalue weighted by molar-refractivity contribution is 5.79. The summed E-state index contributed by atoms with van der Waals surface area (Å²) in [4.78, 5) is 13.8. The van der Waals surface area contributed by atoms with Gasteiger partial charge in [0, 0.05) is 6.54 Å². The largest absolute Gasteiger partial charge is 0.480 e. The molecule has 116 valence electrons. The van der Waals surface area contributed by atoms with Crippen LogP contribution in [0.25, 0.3) is 0 Å². The molecule has 1 aliphatic carbocycles. The second kappa shape index (κ2) is 5.64. The van der Waals surface area contributed by atoms with Gasteiger partial charge < -0.3 is 15.7 Å². The Labute approximate surface area is 122 Å². The lowest BCUT2D eigenvalue weighted by atomic mass is 9.77. The maximum absolute atomic E-state index is 11.5. The van der Waals surface area contributed by atoms with Gasteiger partial charge in [0.1, 0.15) is 5.54 Å². The minimum atomic E-state index is -1.03. The zero-order chi connectivity index (χ0) is 15.0. The van der Waals surface area contributed by atoms with E-state index in [1.54, 1.807) is 0 Å². The molecule has 0 radical (unpaired) electrons. The Kier molecular flexibility index (Phi) is 4.45. The topological polar surface area (TPSA) is 66.6 Å². The molecule has 0 bridgehead atoms. The van der Waals surface area contributed by atoms with Gasteiger partial charge in [0.15, 0.2) is 0 Å². The van der Waals surface area contributed by atoms with Crippen molar-refractivity contribution in [2.24, 2.45) is 23.0 Å². The van der Waals surface area contributed by atoms with E-state index >= 15 is 0 Å². The number of aliphatic carboxylic acids is 1. The molecule has 1 aliphatic heterocycles. The molecule has 4 heteroatoms. The number of nitrogens with zero attached hydrogens (tertiary/aromatic N) is 1. The monoisotopic (exact) mass is 282 g/mol. The highest BCUT2D eigenvalue weighted by Crippen LogP contribution is 2.40. The van der Waals surface area contributed by atoms with Crippen molar-refractivity contribution < 1.29 is 9.90 Å². The molecule has 4 nitrogen and oxygen atoms in total. The van der Waals surface area contributed by atoms with E-state index in [0.717, 1.165) is 44.7 Å². The number of hydrogen-bond acceptors (Lipinski definition) is 3. The number of hydrogen-bond donors (Lipinski definition) is 2. The standard InChI is InChI=1S/C16H30N2O2/c1-15(2,3)12-5-4-9-18(10-8-12)11-16(17,14(19)20)13-6-7-13/h12-13H,4-11,17H2,1-3H3,(H,19,20). The van der Waals surface area contributed by atoms with Crippen LogP contribution in [0.4, 0.5) is 0 Å². The Morgan fingerprint density at radius 3 is 2.30 bits per heavy atom. The lowest BCUT2D eigenvalue weighted by Crippen LogP contribution is -2.58. The van der Waals surface area contributed by atoms with Crippen molar-refractivity contribution in [2.45, 2.75) is 58.4 Å². The third-order valence-corrected chi connectivity index (χ3v) is 5.23. The van der Waals surface area contributed by atoms with Crippen LogP contribution in [0.1, 0.15) is 52.9 Å². The zero-order valence-electron chi connectivity index (χ0n) is 13.2. The van der Waals surface area contributed by atoms with E-state index in [4.69, 9.17) is 5.73 Å². The van der Waals surface area contributed by atoms with E-state index in [2.05, 4.69) is 25.7 Å². The van der Waals surface area contributed by atoms with E-state index in [1.807, 2.05) is 0 Å². The van der Waals surface area contributed by atoms with Gasteiger partial charge in [-0.25, -0.2) is 0 Å². The first-order valence-corrected chi connectivity index (χ1v) is 7.98. The Morgan fingerprint density at radius 2 is 1.80 bits per heavy atom. The molecule has 1 saturated heterocycles. The van der Waals surface area contributed by atoms with Crippen molar-refractivity contribution in [3.05, 3.63) is 0 Å². The van der Waals surface area contributed by atoms with Gasteiger partial charge >= 0.3 is 5.97 Å². The van der Waals surface area contributed by atoms with Crippen LogP contribution in [0.15, 0.2) is 0 Å². The van der Waals surface area contributed by atoms with Crippen molar-refractivity contribution in [1.82, 2.24) is 4.90 Å². The Balaban J connectivity index is 1.95. The molecule has 0 spiro atoms. The summed E-state index contributed by atoms with van der Waals surface area (Å²) in [5.41, 5.74) is 5.53. The predicted molar refractivity (Wildman–Crippen MR) is 80.5 cm³/mol. The van der Waals surface area contributed by atoms with Crippen LogP contribution < -0.4 is 5.73 Å². The van der Waals surface area contributed by atoms with Gasteiger partial charge in [0.05, 0.1) is 0 Å². The molecule has 2 aliphatic rings. The number of nitrogens with two attached hydrogens (primary N) is 1. The van der Waals surface area contributed by atoms with Crippen molar-refractivity contribution >= 4 is 5.97 Å². The maximum atomic E-state index is 11.5. The predicted octanol–water partition coefficient (Wildman–Crippen LogP) is 2.33. The van der Waals surface area contributed by atoms with Gasteiger partial charge in [-0.2, -0.15) is 0 Å². The third kappa shape index (κ3) is 3.53. The Bertz CT molecular complexity index is 360. The van der Waals surface area contributed by atoms with Crippen molar-refractivity contribution in [3.8, 4) is 0 Å². The van der Waals surface area contributed by atoms with Crippen LogP contribution in [0, 0.1) is 17.3 Å². The van der Waals surface area contributed by atoms with Crippen molar-refractivity contribution in [3.63, 3.8) is 0 Å². The number of rotatable bonds is 4. The molecule has 1 heterocycles. The lowest BCUT2D eigenvalue weighted by molar-refractivity contribution is -0.145. The van der Waals surface area contributed by atoms with E-state index < -0.39 is 11.5 Å². The fourth-order valence-corrected chi connectivity index (χ4v) is 3.52. The summed E-state index contributed by atoms with van der Waals surface area (Å²) in [6.07, 6.45) is 5.50. The smallest absolute Gasteiger partial charge is 0.325 e. The lowest BCUT2D eigenvalue weighted by Gasteiger charge is -2.32. The SMILES string of the molecule is CC(C)(C)C1CCCN(CC(N)(C(=O)O)C2CC2)CC1. The van der Waals surface area contributed by atoms with Crippen LogP contribution in [0.2, 0.25) is 0 Å². The molecular formula is C16H30N2O2. The summed E-state index contributed by atoms with van der Waals surface area (Å²) in [5, 5.41) is 9.47. The van der Waals surface area contributed by atoms with Crippen molar-refractivity contribution in [2.75, 3.05) is 19.6 Å². The fourth-order valence-electron chi connectivity index (χ4n) is 3.52. The molecule has 0 aromatic carbocycles. The first-order valence-electron chi connectivity index (χ1n) is 7.98. The van der Waals surface area contributed by atoms with Crippen LogP contribution in [-0.4, -0.2) is 41.1 Å². The molecule has 2 atom stereocenters. The van der Waals surface area contributed by atoms with Gasteiger partial charge in [-0.15, -0.1) is 0 Å². The van der Waals surface area contributed by atoms with Crippen LogP contribution in [0.5, 0.6) is 0 Å². The third-order valence-electron chi connectivity index (χ3n) is 5.23. The van der Waals surface area contributed by atoms with E-state index in [-0.39, 0.29) is 5.92 Å². The molecular weight excluding hydrogens is 252 g/mol. The molecule has 1 saturated carbocycles. The van der Waals surface area contributed by atoms with Crippen LogP contribution >= 0.6 is 0 Å². The molecule has 0 aromatic heterocycles. The average Bonchev–Trinajstić information content (AvgIpc) is 3.14. The quantitative estimate of drug-likeness (QED) is 0.830. The molecule has 0 aromatic rings. The normalized spacial score (nSPS) is 28.7. The van der Waals surface area contributed by atoms with E-state index in [1.165, 1.54) is 6.42 Å². The van der Waals surface area contributed by atoms with Gasteiger partial charge in [-0.3, -0.25) is 4.79 Å². The number of carbonyl (C=O) groups is 1. The van der Waals surface area contributed by atoms with Gasteiger partial charge in [0.2, 0.25) is 0 Å². The Hall–Kier alpha value is -0.610. The summed E-state index contributed by atoms with van der Waals surface area (Å²) >= 11 is 0.